The van der Waals surface area contributed by atoms with Gasteiger partial charge >= 0.3 is 6.36 Å². The number of benzene rings is 3. The van der Waals surface area contributed by atoms with E-state index >= 15 is 0 Å². The SMILES string of the molecule is CC1(c2ccc(-c3ccc(OC(F)(F)F)cc3)cc2)CC1C(=O)N/N=C/c1cccc2cnccc12. The van der Waals surface area contributed by atoms with Crippen LogP contribution in [-0.4, -0.2) is 23.5 Å². The van der Waals surface area contributed by atoms with Crippen molar-refractivity contribution in [3.63, 3.8) is 0 Å². The summed E-state index contributed by atoms with van der Waals surface area (Å²) in [5, 5.41) is 6.17. The minimum atomic E-state index is -4.72. The molecule has 1 N–H and O–H groups in total. The van der Waals surface area contributed by atoms with E-state index in [1.54, 1.807) is 30.7 Å². The molecule has 2 atom stereocenters. The van der Waals surface area contributed by atoms with Crippen molar-refractivity contribution in [3.05, 3.63) is 96.3 Å². The van der Waals surface area contributed by atoms with Gasteiger partial charge in [-0.05, 0) is 46.7 Å². The second-order valence-electron chi connectivity index (χ2n) is 9.00. The molecule has 1 amide bonds. The van der Waals surface area contributed by atoms with Crippen molar-refractivity contribution in [1.82, 2.24) is 10.4 Å². The highest BCUT2D eigenvalue weighted by Crippen LogP contribution is 2.54. The van der Waals surface area contributed by atoms with E-state index in [4.69, 9.17) is 0 Å². The fraction of sp³-hybridized carbons (Fsp3) is 0.179. The molecule has 3 aromatic carbocycles. The number of nitrogens with one attached hydrogen (secondary N) is 1. The van der Waals surface area contributed by atoms with Crippen LogP contribution in [-0.2, 0) is 10.2 Å². The number of carbonyl (C=O) groups excluding carboxylic acids is 1. The van der Waals surface area contributed by atoms with Crippen molar-refractivity contribution < 1.29 is 22.7 Å². The number of ether oxygens (including phenoxy) is 1. The number of pyridine rings is 1. The number of amides is 1. The minimum Gasteiger partial charge on any atom is -0.406 e. The molecule has 5 nitrogen and oxygen atoms in total. The Kier molecular flexibility index (Phi) is 5.96. The summed E-state index contributed by atoms with van der Waals surface area (Å²) in [6.07, 6.45) is 1.13. The molecule has 1 aromatic heterocycles. The van der Waals surface area contributed by atoms with Crippen LogP contribution in [0.25, 0.3) is 21.9 Å². The molecule has 182 valence electrons. The van der Waals surface area contributed by atoms with E-state index in [0.29, 0.717) is 6.42 Å². The topological polar surface area (TPSA) is 63.6 Å². The molecule has 0 saturated heterocycles. The molecule has 0 bridgehead atoms. The molecular formula is C28H22F3N3O2. The zero-order valence-corrected chi connectivity index (χ0v) is 19.3. The Morgan fingerprint density at radius 2 is 1.75 bits per heavy atom. The van der Waals surface area contributed by atoms with E-state index in [0.717, 1.165) is 33.0 Å². The smallest absolute Gasteiger partial charge is 0.406 e. The standard InChI is InChI=1S/C28H22F3N3O2/c1-27(22-9-5-18(6-10-22)19-7-11-23(12-8-19)36-28(29,30)31)15-25(27)26(35)34-33-17-21-4-2-3-20-16-32-14-13-24(20)21/h2-14,16-17,25H,15H2,1H3,(H,34,35)/b33-17+. The number of carbonyl (C=O) groups is 1. The Labute approximate surface area is 205 Å². The van der Waals surface area contributed by atoms with Gasteiger partial charge in [-0.15, -0.1) is 13.2 Å². The number of rotatable bonds is 6. The average molecular weight is 489 g/mol. The van der Waals surface area contributed by atoms with Gasteiger partial charge in [0.25, 0.3) is 0 Å². The molecule has 1 aliphatic rings. The molecule has 1 heterocycles. The number of fused-ring (bicyclic) bond motifs is 1. The Morgan fingerprint density at radius 3 is 2.44 bits per heavy atom. The maximum Gasteiger partial charge on any atom is 0.573 e. The lowest BCUT2D eigenvalue weighted by Crippen LogP contribution is -2.23. The fourth-order valence-electron chi connectivity index (χ4n) is 4.46. The largest absolute Gasteiger partial charge is 0.573 e. The molecule has 0 radical (unpaired) electrons. The third-order valence-corrected chi connectivity index (χ3v) is 6.61. The van der Waals surface area contributed by atoms with Gasteiger partial charge in [0.2, 0.25) is 5.91 Å². The summed E-state index contributed by atoms with van der Waals surface area (Å²) in [6.45, 7) is 2.04. The summed E-state index contributed by atoms with van der Waals surface area (Å²) in [4.78, 5) is 16.9. The van der Waals surface area contributed by atoms with Crippen LogP contribution in [0, 0.1) is 5.92 Å². The van der Waals surface area contributed by atoms with Crippen LogP contribution >= 0.6 is 0 Å². The van der Waals surface area contributed by atoms with Gasteiger partial charge in [0.05, 0.1) is 12.1 Å². The van der Waals surface area contributed by atoms with E-state index in [1.807, 2.05) is 55.5 Å². The van der Waals surface area contributed by atoms with Gasteiger partial charge in [-0.25, -0.2) is 5.43 Å². The summed E-state index contributed by atoms with van der Waals surface area (Å²) < 4.78 is 41.0. The fourth-order valence-corrected chi connectivity index (χ4v) is 4.46. The molecule has 8 heteroatoms. The predicted octanol–water partition coefficient (Wildman–Crippen LogP) is 6.23. The molecule has 5 rings (SSSR count). The number of alkyl halides is 3. The predicted molar refractivity (Wildman–Crippen MR) is 131 cm³/mol. The number of hydrogen-bond acceptors (Lipinski definition) is 4. The van der Waals surface area contributed by atoms with Crippen molar-refractivity contribution in [1.29, 1.82) is 0 Å². The quantitative estimate of drug-likeness (QED) is 0.258. The van der Waals surface area contributed by atoms with E-state index in [2.05, 4.69) is 20.2 Å². The summed E-state index contributed by atoms with van der Waals surface area (Å²) in [7, 11) is 0. The first kappa shape index (κ1) is 23.5. The Balaban J connectivity index is 1.22. The maximum atomic E-state index is 12.7. The minimum absolute atomic E-state index is 0.139. The monoisotopic (exact) mass is 489 g/mol. The normalized spacial score (nSPS) is 19.4. The van der Waals surface area contributed by atoms with Crippen molar-refractivity contribution in [3.8, 4) is 16.9 Å². The van der Waals surface area contributed by atoms with E-state index in [-0.39, 0.29) is 23.0 Å². The van der Waals surface area contributed by atoms with Gasteiger partial charge in [0.15, 0.2) is 0 Å². The lowest BCUT2D eigenvalue weighted by Gasteiger charge is -2.13. The molecule has 1 fully saturated rings. The van der Waals surface area contributed by atoms with E-state index < -0.39 is 6.36 Å². The maximum absolute atomic E-state index is 12.7. The molecular weight excluding hydrogens is 467 g/mol. The van der Waals surface area contributed by atoms with Crippen molar-refractivity contribution >= 4 is 22.9 Å². The van der Waals surface area contributed by atoms with Crippen LogP contribution in [0.15, 0.2) is 90.3 Å². The summed E-state index contributed by atoms with van der Waals surface area (Å²) >= 11 is 0. The van der Waals surface area contributed by atoms with E-state index in [9.17, 15) is 18.0 Å². The van der Waals surface area contributed by atoms with Crippen LogP contribution in [0.2, 0.25) is 0 Å². The van der Waals surface area contributed by atoms with Crippen molar-refractivity contribution in [2.45, 2.75) is 25.1 Å². The molecule has 0 aliphatic heterocycles. The first-order valence-electron chi connectivity index (χ1n) is 11.4. The number of hydrogen-bond donors (Lipinski definition) is 1. The zero-order valence-electron chi connectivity index (χ0n) is 19.3. The third kappa shape index (κ3) is 4.93. The lowest BCUT2D eigenvalue weighted by atomic mass is 9.93. The van der Waals surface area contributed by atoms with Crippen LogP contribution < -0.4 is 10.2 Å². The van der Waals surface area contributed by atoms with Gasteiger partial charge in [0, 0.05) is 28.8 Å². The molecule has 1 aliphatic carbocycles. The highest BCUT2D eigenvalue weighted by Gasteiger charge is 2.55. The van der Waals surface area contributed by atoms with Crippen LogP contribution in [0.3, 0.4) is 0 Å². The molecule has 4 aromatic rings. The Hall–Kier alpha value is -4.20. The Bertz CT molecular complexity index is 1430. The number of nitrogens with zero attached hydrogens (tertiary/aromatic N) is 2. The highest BCUT2D eigenvalue weighted by molar-refractivity contribution is 5.99. The molecule has 0 spiro atoms. The van der Waals surface area contributed by atoms with Crippen LogP contribution in [0.1, 0.15) is 24.5 Å². The van der Waals surface area contributed by atoms with Crippen molar-refractivity contribution in [2.75, 3.05) is 0 Å². The van der Waals surface area contributed by atoms with Gasteiger partial charge in [-0.1, -0.05) is 61.5 Å². The van der Waals surface area contributed by atoms with Gasteiger partial charge in [0.1, 0.15) is 5.75 Å². The number of halogens is 3. The third-order valence-electron chi connectivity index (χ3n) is 6.61. The van der Waals surface area contributed by atoms with Crippen molar-refractivity contribution in [2.24, 2.45) is 11.0 Å². The van der Waals surface area contributed by atoms with E-state index in [1.165, 1.54) is 12.1 Å². The molecule has 36 heavy (non-hydrogen) atoms. The second kappa shape index (κ2) is 9.11. The first-order chi connectivity index (χ1) is 17.2. The first-order valence-corrected chi connectivity index (χ1v) is 11.4. The zero-order chi connectivity index (χ0) is 25.3. The average Bonchev–Trinajstić information content (AvgIpc) is 3.57. The van der Waals surface area contributed by atoms with Gasteiger partial charge in [-0.2, -0.15) is 5.10 Å². The highest BCUT2D eigenvalue weighted by atomic mass is 19.4. The second-order valence-corrected chi connectivity index (χ2v) is 9.00. The summed E-state index contributed by atoms with van der Waals surface area (Å²) in [5.74, 6) is -0.599. The summed E-state index contributed by atoms with van der Waals surface area (Å²) in [6, 6.07) is 21.2. The van der Waals surface area contributed by atoms with Gasteiger partial charge < -0.3 is 4.74 Å². The number of aromatic nitrogens is 1. The van der Waals surface area contributed by atoms with Gasteiger partial charge in [-0.3, -0.25) is 9.78 Å². The molecule has 1 saturated carbocycles. The molecule has 2 unspecified atom stereocenters. The number of hydrazone groups is 1. The summed E-state index contributed by atoms with van der Waals surface area (Å²) in [5.41, 5.74) is 5.91. The lowest BCUT2D eigenvalue weighted by molar-refractivity contribution is -0.274. The Morgan fingerprint density at radius 1 is 1.06 bits per heavy atom. The van der Waals surface area contributed by atoms with Crippen LogP contribution in [0.5, 0.6) is 5.75 Å². The van der Waals surface area contributed by atoms with Crippen LogP contribution in [0.4, 0.5) is 13.2 Å².